The van der Waals surface area contributed by atoms with E-state index in [9.17, 15) is 13.6 Å². The van der Waals surface area contributed by atoms with Gasteiger partial charge in [-0.3, -0.25) is 4.79 Å². The molecule has 1 aliphatic rings. The second kappa shape index (κ2) is 5.76. The largest absolute Gasteiger partial charge is 0.299 e. The van der Waals surface area contributed by atoms with Gasteiger partial charge in [-0.05, 0) is 42.0 Å². The summed E-state index contributed by atoms with van der Waals surface area (Å²) in [7, 11) is 0. The summed E-state index contributed by atoms with van der Waals surface area (Å²) in [5.74, 6) is -1.42. The number of ketones is 1. The van der Waals surface area contributed by atoms with E-state index in [1.54, 1.807) is 0 Å². The Bertz CT molecular complexity index is 679. The number of Topliss-reactive ketones (excluding diaryl/α,β-unsaturated/α-hetero) is 1. The first-order valence-electron chi connectivity index (χ1n) is 7.19. The number of fused-ring (bicyclic) bond motifs is 1. The van der Waals surface area contributed by atoms with Crippen LogP contribution in [0.3, 0.4) is 0 Å². The van der Waals surface area contributed by atoms with Crippen molar-refractivity contribution in [1.82, 2.24) is 0 Å². The molecule has 0 fully saturated rings. The highest BCUT2D eigenvalue weighted by molar-refractivity contribution is 5.88. The fourth-order valence-electron chi connectivity index (χ4n) is 3.06. The highest BCUT2D eigenvalue weighted by Gasteiger charge is 2.26. The van der Waals surface area contributed by atoms with Crippen LogP contribution >= 0.6 is 0 Å². The van der Waals surface area contributed by atoms with Crippen molar-refractivity contribution in [3.05, 3.63) is 70.8 Å². The second-order valence-electron chi connectivity index (χ2n) is 5.52. The first kappa shape index (κ1) is 13.9. The molecule has 0 N–H and O–H groups in total. The number of benzene rings is 2. The van der Waals surface area contributed by atoms with Crippen molar-refractivity contribution < 1.29 is 13.6 Å². The van der Waals surface area contributed by atoms with Gasteiger partial charge in [0.1, 0.15) is 17.4 Å². The molecule has 0 spiro atoms. The summed E-state index contributed by atoms with van der Waals surface area (Å²) in [5, 5.41) is 0. The summed E-state index contributed by atoms with van der Waals surface area (Å²) in [4.78, 5) is 12.5. The van der Waals surface area contributed by atoms with Crippen LogP contribution in [0.2, 0.25) is 0 Å². The maximum atomic E-state index is 13.7. The standard InChI is InChI=1S/C18H16F2O/c19-14-9-8-13(17(20)11-14)10-18(21)16-7-3-5-12-4-1-2-6-15(12)16/h1-2,4,6,8-9,11,16H,3,5,7,10H2. The molecule has 0 saturated heterocycles. The molecule has 0 aromatic heterocycles. The lowest BCUT2D eigenvalue weighted by atomic mass is 9.79. The fraction of sp³-hybridized carbons (Fsp3) is 0.278. The zero-order valence-electron chi connectivity index (χ0n) is 11.6. The Morgan fingerprint density at radius 3 is 2.76 bits per heavy atom. The quantitative estimate of drug-likeness (QED) is 0.826. The minimum absolute atomic E-state index is 0.00709. The number of aryl methyl sites for hydroxylation is 1. The van der Waals surface area contributed by atoms with Crippen LogP contribution in [-0.4, -0.2) is 5.78 Å². The van der Waals surface area contributed by atoms with Gasteiger partial charge in [0.05, 0.1) is 0 Å². The summed E-state index contributed by atoms with van der Waals surface area (Å²) in [6, 6.07) is 11.3. The van der Waals surface area contributed by atoms with Gasteiger partial charge in [-0.2, -0.15) is 0 Å². The molecule has 0 bridgehead atoms. The average Bonchev–Trinajstić information content (AvgIpc) is 2.49. The molecule has 1 aliphatic carbocycles. The van der Waals surface area contributed by atoms with Crippen LogP contribution in [0.25, 0.3) is 0 Å². The van der Waals surface area contributed by atoms with Crippen molar-refractivity contribution in [2.24, 2.45) is 0 Å². The molecule has 0 aliphatic heterocycles. The van der Waals surface area contributed by atoms with Crippen molar-refractivity contribution in [3.8, 4) is 0 Å². The predicted octanol–water partition coefficient (Wildman–Crippen LogP) is 4.20. The molecule has 0 radical (unpaired) electrons. The molecular formula is C18H16F2O. The van der Waals surface area contributed by atoms with Crippen LogP contribution in [0.15, 0.2) is 42.5 Å². The van der Waals surface area contributed by atoms with Crippen molar-refractivity contribution in [2.45, 2.75) is 31.6 Å². The number of halogens is 2. The first-order chi connectivity index (χ1) is 10.1. The van der Waals surface area contributed by atoms with E-state index in [0.29, 0.717) is 0 Å². The molecule has 1 unspecified atom stereocenters. The van der Waals surface area contributed by atoms with Crippen LogP contribution in [0.1, 0.15) is 35.4 Å². The van der Waals surface area contributed by atoms with Gasteiger partial charge in [0.15, 0.2) is 0 Å². The van der Waals surface area contributed by atoms with Crippen LogP contribution < -0.4 is 0 Å². The molecule has 2 aromatic rings. The van der Waals surface area contributed by atoms with E-state index in [0.717, 1.165) is 30.9 Å². The van der Waals surface area contributed by atoms with E-state index < -0.39 is 11.6 Å². The molecule has 0 heterocycles. The zero-order valence-corrected chi connectivity index (χ0v) is 11.6. The molecule has 0 amide bonds. The minimum atomic E-state index is -0.646. The third kappa shape index (κ3) is 2.87. The third-order valence-corrected chi connectivity index (χ3v) is 4.14. The lowest BCUT2D eigenvalue weighted by Crippen LogP contribution is -2.20. The van der Waals surface area contributed by atoms with Gasteiger partial charge in [0, 0.05) is 18.4 Å². The lowest BCUT2D eigenvalue weighted by Gasteiger charge is -2.24. The fourth-order valence-corrected chi connectivity index (χ4v) is 3.06. The van der Waals surface area contributed by atoms with Gasteiger partial charge in [0.25, 0.3) is 0 Å². The highest BCUT2D eigenvalue weighted by atomic mass is 19.1. The monoisotopic (exact) mass is 286 g/mol. The predicted molar refractivity (Wildman–Crippen MR) is 77.2 cm³/mol. The Balaban J connectivity index is 1.83. The van der Waals surface area contributed by atoms with Crippen LogP contribution in [0.4, 0.5) is 8.78 Å². The van der Waals surface area contributed by atoms with Gasteiger partial charge in [-0.15, -0.1) is 0 Å². The van der Waals surface area contributed by atoms with Gasteiger partial charge in [-0.1, -0.05) is 30.3 Å². The Morgan fingerprint density at radius 2 is 1.95 bits per heavy atom. The van der Waals surface area contributed by atoms with E-state index in [1.165, 1.54) is 17.7 Å². The number of carbonyl (C=O) groups is 1. The van der Waals surface area contributed by atoms with E-state index in [1.807, 2.05) is 24.3 Å². The molecule has 1 atom stereocenters. The summed E-state index contributed by atoms with van der Waals surface area (Å²) in [6.45, 7) is 0. The Labute approximate surface area is 122 Å². The maximum Gasteiger partial charge on any atom is 0.144 e. The van der Waals surface area contributed by atoms with Crippen LogP contribution in [0.5, 0.6) is 0 Å². The van der Waals surface area contributed by atoms with Crippen LogP contribution in [-0.2, 0) is 17.6 Å². The van der Waals surface area contributed by atoms with Crippen LogP contribution in [0, 0.1) is 11.6 Å². The zero-order chi connectivity index (χ0) is 14.8. The van der Waals surface area contributed by atoms with Crippen molar-refractivity contribution in [2.75, 3.05) is 0 Å². The van der Waals surface area contributed by atoms with Gasteiger partial charge >= 0.3 is 0 Å². The first-order valence-corrected chi connectivity index (χ1v) is 7.19. The molecule has 3 rings (SSSR count). The summed E-state index contributed by atoms with van der Waals surface area (Å²) in [5.41, 5.74) is 2.54. The molecule has 2 aromatic carbocycles. The minimum Gasteiger partial charge on any atom is -0.299 e. The third-order valence-electron chi connectivity index (χ3n) is 4.14. The van der Waals surface area contributed by atoms with E-state index in [2.05, 4.69) is 0 Å². The summed E-state index contributed by atoms with van der Waals surface area (Å²) >= 11 is 0. The average molecular weight is 286 g/mol. The summed E-state index contributed by atoms with van der Waals surface area (Å²) in [6.07, 6.45) is 2.79. The highest BCUT2D eigenvalue weighted by Crippen LogP contribution is 2.33. The van der Waals surface area contributed by atoms with Gasteiger partial charge in [0.2, 0.25) is 0 Å². The van der Waals surface area contributed by atoms with Crippen molar-refractivity contribution in [1.29, 1.82) is 0 Å². The molecule has 1 nitrogen and oxygen atoms in total. The Kier molecular flexibility index (Phi) is 3.82. The normalized spacial score (nSPS) is 17.3. The smallest absolute Gasteiger partial charge is 0.144 e. The number of hydrogen-bond donors (Lipinski definition) is 0. The molecule has 21 heavy (non-hydrogen) atoms. The summed E-state index contributed by atoms with van der Waals surface area (Å²) < 4.78 is 26.6. The van der Waals surface area contributed by atoms with Crippen molar-refractivity contribution >= 4 is 5.78 Å². The van der Waals surface area contributed by atoms with E-state index >= 15 is 0 Å². The maximum absolute atomic E-state index is 13.7. The topological polar surface area (TPSA) is 17.1 Å². The van der Waals surface area contributed by atoms with Crippen molar-refractivity contribution in [3.63, 3.8) is 0 Å². The molecular weight excluding hydrogens is 270 g/mol. The number of carbonyl (C=O) groups excluding carboxylic acids is 1. The Hall–Kier alpha value is -2.03. The molecule has 0 saturated carbocycles. The SMILES string of the molecule is O=C(Cc1ccc(F)cc1F)C1CCCc2ccccc21. The van der Waals surface area contributed by atoms with Gasteiger partial charge in [-0.25, -0.2) is 8.78 Å². The second-order valence-corrected chi connectivity index (χ2v) is 5.52. The number of hydrogen-bond acceptors (Lipinski definition) is 1. The Morgan fingerprint density at radius 1 is 1.14 bits per heavy atom. The van der Waals surface area contributed by atoms with E-state index in [4.69, 9.17) is 0 Å². The number of rotatable bonds is 3. The van der Waals surface area contributed by atoms with Gasteiger partial charge < -0.3 is 0 Å². The van der Waals surface area contributed by atoms with E-state index in [-0.39, 0.29) is 23.7 Å². The molecule has 108 valence electrons. The lowest BCUT2D eigenvalue weighted by molar-refractivity contribution is -0.120. The molecule has 3 heteroatoms.